The summed E-state index contributed by atoms with van der Waals surface area (Å²) in [6.07, 6.45) is 11.0. The van der Waals surface area contributed by atoms with Crippen molar-refractivity contribution in [3.05, 3.63) is 41.6 Å². The molecule has 194 valence electrons. The van der Waals surface area contributed by atoms with Crippen molar-refractivity contribution in [1.82, 2.24) is 14.8 Å². The van der Waals surface area contributed by atoms with Gasteiger partial charge in [0.05, 0.1) is 13.0 Å². The summed E-state index contributed by atoms with van der Waals surface area (Å²) < 4.78 is 4.37. The fraction of sp³-hybridized carbons (Fsp3) is 0.533. The van der Waals surface area contributed by atoms with Crippen LogP contribution in [0, 0.1) is 17.8 Å². The van der Waals surface area contributed by atoms with Gasteiger partial charge in [0.25, 0.3) is 0 Å². The second kappa shape index (κ2) is 13.3. The number of likely N-dealkylation sites (N-methyl/N-ethyl adjacent to an activating group) is 1. The van der Waals surface area contributed by atoms with Crippen LogP contribution in [-0.4, -0.2) is 66.5 Å². The molecule has 0 fully saturated rings. The Morgan fingerprint density at radius 2 is 1.94 bits per heavy atom. The van der Waals surface area contributed by atoms with E-state index in [2.05, 4.69) is 84.8 Å². The minimum Gasteiger partial charge on any atom is -0.459 e. The maximum atomic E-state index is 12.9. The first-order chi connectivity index (χ1) is 17.4. The molecule has 1 aromatic carbocycles. The van der Waals surface area contributed by atoms with E-state index in [4.69, 9.17) is 0 Å². The van der Waals surface area contributed by atoms with Crippen molar-refractivity contribution in [3.8, 4) is 11.8 Å². The normalized spacial score (nSPS) is 18.2. The summed E-state index contributed by atoms with van der Waals surface area (Å²) in [7, 11) is 3.49. The number of nitrogens with zero attached hydrogens (tertiary/aromatic N) is 2. The van der Waals surface area contributed by atoms with Gasteiger partial charge in [-0.05, 0) is 56.5 Å². The first-order valence-corrected chi connectivity index (χ1v) is 13.3. The Labute approximate surface area is 216 Å². The highest BCUT2D eigenvalue weighted by molar-refractivity contribution is 5.99. The molecule has 0 bridgehead atoms. The van der Waals surface area contributed by atoms with Crippen molar-refractivity contribution in [2.24, 2.45) is 5.92 Å². The number of fused-ring (bicyclic) bond motifs is 2. The van der Waals surface area contributed by atoms with Gasteiger partial charge in [-0.25, -0.2) is 4.79 Å². The summed E-state index contributed by atoms with van der Waals surface area (Å²) in [5.74, 6) is 4.94. The van der Waals surface area contributed by atoms with Crippen molar-refractivity contribution in [1.29, 1.82) is 0 Å². The number of aromatic nitrogens is 1. The molecule has 6 nitrogen and oxygen atoms in total. The van der Waals surface area contributed by atoms with E-state index < -0.39 is 5.97 Å². The standard InChI is InChI=1S/C20H25N3O.C10H16O2/c1-4-23(5-2)20(24)14-9-16-15-7-6-8-17-19(15)13(11-21-17)10-18(16)22(3)12-14;1-3-4-5-6-7-8-9-10(11)12-2/h6-9,11,14,18,21H,4-5,10,12H2,1-3H3;3-7H2,1-2H3/t14-,18-;/m1./s1. The maximum absolute atomic E-state index is 12.9. The van der Waals surface area contributed by atoms with E-state index in [0.29, 0.717) is 6.04 Å². The summed E-state index contributed by atoms with van der Waals surface area (Å²) >= 11 is 0. The number of H-pyrrole nitrogens is 1. The molecule has 6 heteroatoms. The van der Waals surface area contributed by atoms with E-state index in [-0.39, 0.29) is 11.8 Å². The van der Waals surface area contributed by atoms with E-state index in [1.54, 1.807) is 0 Å². The first kappa shape index (κ1) is 27.5. The minimum atomic E-state index is -0.439. The number of aromatic amines is 1. The Morgan fingerprint density at radius 3 is 2.64 bits per heavy atom. The molecule has 2 aliphatic rings. The molecule has 1 aliphatic heterocycles. The Bertz CT molecular complexity index is 1130. The number of hydrogen-bond donors (Lipinski definition) is 1. The first-order valence-electron chi connectivity index (χ1n) is 13.3. The van der Waals surface area contributed by atoms with E-state index >= 15 is 0 Å². The Morgan fingerprint density at radius 1 is 1.17 bits per heavy atom. The molecule has 1 aliphatic carbocycles. The number of carbonyl (C=O) groups is 2. The molecule has 1 N–H and O–H groups in total. The third kappa shape index (κ3) is 6.39. The van der Waals surface area contributed by atoms with E-state index in [0.717, 1.165) is 38.9 Å². The molecule has 2 atom stereocenters. The highest BCUT2D eigenvalue weighted by Crippen LogP contribution is 2.40. The predicted molar refractivity (Wildman–Crippen MR) is 146 cm³/mol. The quantitative estimate of drug-likeness (QED) is 0.255. The summed E-state index contributed by atoms with van der Waals surface area (Å²) in [6, 6.07) is 6.82. The van der Waals surface area contributed by atoms with Gasteiger partial charge in [0.2, 0.25) is 5.91 Å². The van der Waals surface area contributed by atoms with Crippen molar-refractivity contribution in [2.75, 3.05) is 33.8 Å². The smallest absolute Gasteiger partial charge is 0.384 e. The molecule has 2 heterocycles. The second-order valence-electron chi connectivity index (χ2n) is 9.54. The van der Waals surface area contributed by atoms with E-state index in [1.165, 1.54) is 54.0 Å². The number of methoxy groups -OCH3 is 1. The van der Waals surface area contributed by atoms with Crippen LogP contribution >= 0.6 is 0 Å². The molecule has 1 amide bonds. The largest absolute Gasteiger partial charge is 0.459 e. The molecule has 1 aromatic heterocycles. The summed E-state index contributed by atoms with van der Waals surface area (Å²) in [4.78, 5) is 31.1. The van der Waals surface area contributed by atoms with Gasteiger partial charge in [-0.15, -0.1) is 0 Å². The third-order valence-electron chi connectivity index (χ3n) is 7.19. The molecule has 0 saturated carbocycles. The summed E-state index contributed by atoms with van der Waals surface area (Å²) in [6.45, 7) is 8.63. The maximum Gasteiger partial charge on any atom is 0.384 e. The van der Waals surface area contributed by atoms with Gasteiger partial charge in [-0.3, -0.25) is 9.69 Å². The highest BCUT2D eigenvalue weighted by Gasteiger charge is 2.36. The average molecular weight is 492 g/mol. The molecule has 0 spiro atoms. The lowest BCUT2D eigenvalue weighted by Crippen LogP contribution is -2.47. The van der Waals surface area contributed by atoms with E-state index in [1.807, 2.05) is 4.90 Å². The van der Waals surface area contributed by atoms with Crippen LogP contribution in [-0.2, 0) is 20.7 Å². The van der Waals surface area contributed by atoms with Crippen LogP contribution in [0.1, 0.15) is 64.0 Å². The van der Waals surface area contributed by atoms with Crippen LogP contribution in [0.25, 0.3) is 16.5 Å². The minimum absolute atomic E-state index is 0.0445. The van der Waals surface area contributed by atoms with Crippen LogP contribution in [0.5, 0.6) is 0 Å². The number of rotatable bonds is 7. The fourth-order valence-corrected chi connectivity index (χ4v) is 5.20. The van der Waals surface area contributed by atoms with Crippen molar-refractivity contribution >= 4 is 28.4 Å². The van der Waals surface area contributed by atoms with Gasteiger partial charge in [0.1, 0.15) is 0 Å². The van der Waals surface area contributed by atoms with Gasteiger partial charge in [-0.2, -0.15) is 0 Å². The van der Waals surface area contributed by atoms with E-state index in [9.17, 15) is 9.59 Å². The lowest BCUT2D eigenvalue weighted by atomic mass is 9.79. The summed E-state index contributed by atoms with van der Waals surface area (Å²) in [5, 5.41) is 1.34. The zero-order valence-electron chi connectivity index (χ0n) is 22.5. The average Bonchev–Trinajstić information content (AvgIpc) is 3.31. The SMILES string of the molecule is CCCCCCC#CC(=O)OC.CCN(CC)C(=O)[C@@H]1C=C2c3cccc4[nH]cc(c34)C[C@H]2N(C)C1. The number of nitrogens with one attached hydrogen (secondary N) is 1. The number of unbranched alkanes of at least 4 members (excludes halogenated alkanes) is 4. The molecule has 0 unspecified atom stereocenters. The van der Waals surface area contributed by atoms with Gasteiger partial charge >= 0.3 is 5.97 Å². The van der Waals surface area contributed by atoms with Crippen molar-refractivity contribution in [3.63, 3.8) is 0 Å². The number of amides is 1. The zero-order chi connectivity index (χ0) is 26.1. The molecule has 2 aromatic rings. The monoisotopic (exact) mass is 491 g/mol. The van der Waals surface area contributed by atoms with Gasteiger partial charge < -0.3 is 14.6 Å². The third-order valence-corrected chi connectivity index (χ3v) is 7.19. The van der Waals surface area contributed by atoms with Crippen LogP contribution in [0.4, 0.5) is 0 Å². The fourth-order valence-electron chi connectivity index (χ4n) is 5.20. The van der Waals surface area contributed by atoms with Crippen LogP contribution in [0.2, 0.25) is 0 Å². The topological polar surface area (TPSA) is 65.6 Å². The van der Waals surface area contributed by atoms with Crippen LogP contribution < -0.4 is 0 Å². The van der Waals surface area contributed by atoms with Gasteiger partial charge in [-0.1, -0.05) is 50.3 Å². The molecule has 0 saturated heterocycles. The number of benzene rings is 1. The van der Waals surface area contributed by atoms with Crippen molar-refractivity contribution in [2.45, 2.75) is 65.3 Å². The Kier molecular flexibility index (Phi) is 10.2. The molecular weight excluding hydrogens is 450 g/mol. The zero-order valence-corrected chi connectivity index (χ0v) is 22.5. The lowest BCUT2D eigenvalue weighted by molar-refractivity contribution is -0.134. The lowest BCUT2D eigenvalue weighted by Gasteiger charge is -2.40. The van der Waals surface area contributed by atoms with Gasteiger partial charge in [0, 0.05) is 55.1 Å². The molecular formula is C30H41N3O3. The molecule has 4 rings (SSSR count). The molecule has 0 radical (unpaired) electrons. The molecule has 36 heavy (non-hydrogen) atoms. The van der Waals surface area contributed by atoms with Gasteiger partial charge in [0.15, 0.2) is 0 Å². The number of esters is 1. The summed E-state index contributed by atoms with van der Waals surface area (Å²) in [5.41, 5.74) is 5.21. The number of hydrogen-bond acceptors (Lipinski definition) is 4. The number of carbonyl (C=O) groups excluding carboxylic acids is 2. The second-order valence-corrected chi connectivity index (χ2v) is 9.54. The Balaban J connectivity index is 0.000000257. The van der Waals surface area contributed by atoms with Crippen molar-refractivity contribution < 1.29 is 14.3 Å². The van der Waals surface area contributed by atoms with Crippen LogP contribution in [0.3, 0.4) is 0 Å². The highest BCUT2D eigenvalue weighted by atomic mass is 16.5. The number of ether oxygens (including phenoxy) is 1. The predicted octanol–water partition coefficient (Wildman–Crippen LogP) is 5.04. The van der Waals surface area contributed by atoms with Crippen LogP contribution in [0.15, 0.2) is 30.5 Å². The Hall–Kier alpha value is -3.04.